The monoisotopic (exact) mass is 463 g/mol. The van der Waals surface area contributed by atoms with E-state index in [4.69, 9.17) is 9.15 Å². The molecular weight excluding hydrogens is 438 g/mol. The van der Waals surface area contributed by atoms with Crippen LogP contribution in [-0.2, 0) is 20.7 Å². The zero-order chi connectivity index (χ0) is 23.4. The maximum Gasteiger partial charge on any atom is 0.329 e. The number of carbonyl (C=O) groups excluding carboxylic acids is 2. The van der Waals surface area contributed by atoms with Gasteiger partial charge in [-0.2, -0.15) is 0 Å². The number of nitrogens with one attached hydrogen (secondary N) is 1. The maximum absolute atomic E-state index is 12.9. The standard InChI is InChI=1S/C25H25N3O4S/c1-15(2)22(26-21(29)14-18-10-6-9-17-8-4-5-11-19(17)18)25(30)31-16(3)23-27-28-24(32-23)20-12-7-13-33-20/h4-13,15-16,22H,14H2,1-3H3,(H,26,29). The van der Waals surface area contributed by atoms with E-state index in [1.54, 1.807) is 6.92 Å². The lowest BCUT2D eigenvalue weighted by Gasteiger charge is -2.22. The topological polar surface area (TPSA) is 94.3 Å². The summed E-state index contributed by atoms with van der Waals surface area (Å²) >= 11 is 1.48. The highest BCUT2D eigenvalue weighted by atomic mass is 32.1. The van der Waals surface area contributed by atoms with Gasteiger partial charge in [-0.15, -0.1) is 21.5 Å². The molecule has 2 unspecified atom stereocenters. The van der Waals surface area contributed by atoms with Gasteiger partial charge in [-0.1, -0.05) is 62.4 Å². The number of aromatic nitrogens is 2. The highest BCUT2D eigenvalue weighted by molar-refractivity contribution is 7.13. The molecule has 170 valence electrons. The lowest BCUT2D eigenvalue weighted by atomic mass is 10.0. The Morgan fingerprint density at radius 1 is 1.03 bits per heavy atom. The van der Waals surface area contributed by atoms with E-state index in [-0.39, 0.29) is 24.1 Å². The third kappa shape index (κ3) is 5.28. The second kappa shape index (κ2) is 9.95. The van der Waals surface area contributed by atoms with Crippen LogP contribution in [0.3, 0.4) is 0 Å². The Morgan fingerprint density at radius 2 is 1.82 bits per heavy atom. The summed E-state index contributed by atoms with van der Waals surface area (Å²) in [7, 11) is 0. The van der Waals surface area contributed by atoms with Gasteiger partial charge in [0.2, 0.25) is 5.91 Å². The highest BCUT2D eigenvalue weighted by Gasteiger charge is 2.29. The quantitative estimate of drug-likeness (QED) is 0.372. The number of hydrogen-bond acceptors (Lipinski definition) is 7. The molecule has 0 aliphatic rings. The molecule has 8 heteroatoms. The van der Waals surface area contributed by atoms with E-state index < -0.39 is 18.1 Å². The van der Waals surface area contributed by atoms with Crippen LogP contribution in [0.2, 0.25) is 0 Å². The van der Waals surface area contributed by atoms with Crippen LogP contribution in [-0.4, -0.2) is 28.1 Å². The number of amides is 1. The van der Waals surface area contributed by atoms with Gasteiger partial charge in [0.25, 0.3) is 11.8 Å². The van der Waals surface area contributed by atoms with Crippen molar-refractivity contribution < 1.29 is 18.7 Å². The van der Waals surface area contributed by atoms with Gasteiger partial charge in [0.1, 0.15) is 6.04 Å². The van der Waals surface area contributed by atoms with Crippen molar-refractivity contribution in [2.24, 2.45) is 5.92 Å². The first-order valence-electron chi connectivity index (χ1n) is 10.8. The van der Waals surface area contributed by atoms with E-state index >= 15 is 0 Å². The molecule has 4 rings (SSSR count). The second-order valence-corrected chi connectivity index (χ2v) is 9.05. The maximum atomic E-state index is 12.9. The van der Waals surface area contributed by atoms with Crippen molar-refractivity contribution in [1.29, 1.82) is 0 Å². The molecule has 1 amide bonds. The third-order valence-electron chi connectivity index (χ3n) is 5.28. The molecule has 4 aromatic rings. The van der Waals surface area contributed by atoms with Crippen molar-refractivity contribution in [2.75, 3.05) is 0 Å². The summed E-state index contributed by atoms with van der Waals surface area (Å²) in [6.07, 6.45) is -0.573. The van der Waals surface area contributed by atoms with Crippen molar-refractivity contribution in [3.8, 4) is 10.8 Å². The normalized spacial score (nSPS) is 13.1. The minimum absolute atomic E-state index is 0.162. The predicted molar refractivity (Wildman–Crippen MR) is 127 cm³/mol. The minimum Gasteiger partial charge on any atom is -0.451 e. The summed E-state index contributed by atoms with van der Waals surface area (Å²) in [6.45, 7) is 5.38. The Kier molecular flexibility index (Phi) is 6.84. The molecule has 0 spiro atoms. The molecule has 2 atom stereocenters. The van der Waals surface area contributed by atoms with Crippen LogP contribution in [0.25, 0.3) is 21.5 Å². The molecular formula is C25H25N3O4S. The number of carbonyl (C=O) groups is 2. The van der Waals surface area contributed by atoms with Gasteiger partial charge in [-0.3, -0.25) is 4.79 Å². The van der Waals surface area contributed by atoms with E-state index in [0.29, 0.717) is 5.89 Å². The first-order valence-corrected chi connectivity index (χ1v) is 11.6. The highest BCUT2D eigenvalue weighted by Crippen LogP contribution is 2.26. The van der Waals surface area contributed by atoms with Gasteiger partial charge in [0.15, 0.2) is 6.10 Å². The lowest BCUT2D eigenvalue weighted by Crippen LogP contribution is -2.46. The average molecular weight is 464 g/mol. The van der Waals surface area contributed by atoms with Crippen LogP contribution in [0, 0.1) is 5.92 Å². The number of ether oxygens (including phenoxy) is 1. The lowest BCUT2D eigenvalue weighted by molar-refractivity contribution is -0.154. The summed E-state index contributed by atoms with van der Waals surface area (Å²) < 4.78 is 11.2. The molecule has 0 radical (unpaired) electrons. The molecule has 0 saturated carbocycles. The van der Waals surface area contributed by atoms with Crippen molar-refractivity contribution in [1.82, 2.24) is 15.5 Å². The Labute approximate surface area is 195 Å². The van der Waals surface area contributed by atoms with Gasteiger partial charge >= 0.3 is 5.97 Å². The smallest absolute Gasteiger partial charge is 0.329 e. The number of esters is 1. The van der Waals surface area contributed by atoms with Crippen molar-refractivity contribution in [2.45, 2.75) is 39.3 Å². The van der Waals surface area contributed by atoms with Crippen molar-refractivity contribution in [3.63, 3.8) is 0 Å². The summed E-state index contributed by atoms with van der Waals surface area (Å²) in [4.78, 5) is 26.5. The average Bonchev–Trinajstić information content (AvgIpc) is 3.49. The van der Waals surface area contributed by atoms with Crippen LogP contribution < -0.4 is 5.32 Å². The van der Waals surface area contributed by atoms with Gasteiger partial charge in [0.05, 0.1) is 11.3 Å². The molecule has 0 aliphatic heterocycles. The number of nitrogens with zero attached hydrogens (tertiary/aromatic N) is 2. The third-order valence-corrected chi connectivity index (χ3v) is 6.14. The summed E-state index contributed by atoms with van der Waals surface area (Å²) in [5.74, 6) is -0.361. The summed E-state index contributed by atoms with van der Waals surface area (Å²) in [6, 6.07) is 16.7. The van der Waals surface area contributed by atoms with Crippen molar-refractivity contribution >= 4 is 34.0 Å². The first kappa shape index (κ1) is 22.7. The van der Waals surface area contributed by atoms with E-state index in [0.717, 1.165) is 21.2 Å². The van der Waals surface area contributed by atoms with Gasteiger partial charge < -0.3 is 14.5 Å². The zero-order valence-electron chi connectivity index (χ0n) is 18.6. The van der Waals surface area contributed by atoms with E-state index in [1.807, 2.05) is 73.8 Å². The Balaban J connectivity index is 1.41. The van der Waals surface area contributed by atoms with Gasteiger partial charge in [-0.05, 0) is 40.6 Å². The van der Waals surface area contributed by atoms with Crippen LogP contribution in [0.4, 0.5) is 0 Å². The van der Waals surface area contributed by atoms with Gasteiger partial charge in [-0.25, -0.2) is 4.79 Å². The minimum atomic E-state index is -0.797. The number of benzene rings is 2. The molecule has 2 aromatic heterocycles. The fraction of sp³-hybridized carbons (Fsp3) is 0.280. The number of rotatable bonds is 8. The first-order chi connectivity index (χ1) is 15.9. The van der Waals surface area contributed by atoms with E-state index in [1.165, 1.54) is 11.3 Å². The molecule has 2 aromatic carbocycles. The SMILES string of the molecule is CC(OC(=O)C(NC(=O)Cc1cccc2ccccc12)C(C)C)c1nnc(-c2cccs2)o1. The molecule has 0 bridgehead atoms. The number of fused-ring (bicyclic) bond motifs is 1. The molecule has 0 fully saturated rings. The number of hydrogen-bond donors (Lipinski definition) is 1. The Morgan fingerprint density at radius 3 is 2.58 bits per heavy atom. The molecule has 33 heavy (non-hydrogen) atoms. The largest absolute Gasteiger partial charge is 0.451 e. The van der Waals surface area contributed by atoms with E-state index in [2.05, 4.69) is 15.5 Å². The Bertz CT molecular complexity index is 1240. The fourth-order valence-electron chi connectivity index (χ4n) is 3.54. The predicted octanol–water partition coefficient (Wildman–Crippen LogP) is 4.94. The fourth-order valence-corrected chi connectivity index (χ4v) is 4.18. The number of thiophene rings is 1. The molecule has 0 aliphatic carbocycles. The zero-order valence-corrected chi connectivity index (χ0v) is 19.5. The van der Waals surface area contributed by atoms with E-state index in [9.17, 15) is 9.59 Å². The Hall–Kier alpha value is -3.52. The summed E-state index contributed by atoms with van der Waals surface area (Å²) in [5, 5.41) is 14.9. The van der Waals surface area contributed by atoms with Crippen molar-refractivity contribution in [3.05, 3.63) is 71.4 Å². The summed E-state index contributed by atoms with van der Waals surface area (Å²) in [5.41, 5.74) is 0.904. The molecule has 0 saturated heterocycles. The molecule has 1 N–H and O–H groups in total. The van der Waals surface area contributed by atoms with Crippen LogP contribution in [0.1, 0.15) is 38.3 Å². The van der Waals surface area contributed by atoms with Crippen LogP contribution in [0.5, 0.6) is 0 Å². The molecule has 7 nitrogen and oxygen atoms in total. The second-order valence-electron chi connectivity index (χ2n) is 8.11. The van der Waals surface area contributed by atoms with Crippen LogP contribution in [0.15, 0.2) is 64.4 Å². The molecule has 2 heterocycles. The van der Waals surface area contributed by atoms with Gasteiger partial charge in [0, 0.05) is 0 Å². The van der Waals surface area contributed by atoms with Crippen LogP contribution >= 0.6 is 11.3 Å².